The molecule has 2 saturated heterocycles. The predicted molar refractivity (Wildman–Crippen MR) is 113 cm³/mol. The number of rotatable bonds is 8. The first kappa shape index (κ1) is 22.3. The molecule has 2 heterocycles. The summed E-state index contributed by atoms with van der Waals surface area (Å²) in [5, 5.41) is 3.45. The Hall–Kier alpha value is -1.01. The van der Waals surface area contributed by atoms with E-state index in [-0.39, 0.29) is 12.4 Å². The van der Waals surface area contributed by atoms with Crippen molar-refractivity contribution in [3.63, 3.8) is 0 Å². The van der Waals surface area contributed by atoms with E-state index in [0.29, 0.717) is 12.5 Å². The smallest absolute Gasteiger partial charge is 0.161 e. The van der Waals surface area contributed by atoms with Crippen molar-refractivity contribution in [3.8, 4) is 11.5 Å². The third-order valence-electron chi connectivity index (χ3n) is 5.20. The van der Waals surface area contributed by atoms with Crippen LogP contribution in [0, 0.1) is 5.92 Å². The maximum atomic E-state index is 5.92. The molecule has 1 atom stereocenters. The molecule has 2 aliphatic heterocycles. The zero-order chi connectivity index (χ0) is 18.4. The highest BCUT2D eigenvalue weighted by atomic mass is 35.5. The van der Waals surface area contributed by atoms with Crippen molar-refractivity contribution in [3.05, 3.63) is 23.8 Å². The quantitative estimate of drug-likeness (QED) is 0.729. The molecule has 0 bridgehead atoms. The molecule has 0 spiro atoms. The molecule has 27 heavy (non-hydrogen) atoms. The van der Waals surface area contributed by atoms with Gasteiger partial charge in [0.05, 0.1) is 13.2 Å². The zero-order valence-corrected chi connectivity index (χ0v) is 17.9. The van der Waals surface area contributed by atoms with Gasteiger partial charge in [0.1, 0.15) is 0 Å². The first-order chi connectivity index (χ1) is 12.7. The van der Waals surface area contributed by atoms with E-state index in [2.05, 4.69) is 47.2 Å². The molecule has 6 heteroatoms. The van der Waals surface area contributed by atoms with Gasteiger partial charge in [-0.2, -0.15) is 0 Å². The van der Waals surface area contributed by atoms with Crippen molar-refractivity contribution in [2.75, 3.05) is 52.5 Å². The molecule has 1 aromatic carbocycles. The van der Waals surface area contributed by atoms with Crippen LogP contribution in [0.5, 0.6) is 11.5 Å². The fourth-order valence-corrected chi connectivity index (χ4v) is 3.85. The predicted octanol–water partition coefficient (Wildman–Crippen LogP) is 3.02. The molecule has 2 aliphatic rings. The van der Waals surface area contributed by atoms with Gasteiger partial charge in [0, 0.05) is 51.9 Å². The van der Waals surface area contributed by atoms with E-state index in [1.807, 2.05) is 6.92 Å². The summed E-state index contributed by atoms with van der Waals surface area (Å²) < 4.78 is 11.8. The van der Waals surface area contributed by atoms with Gasteiger partial charge in [0.2, 0.25) is 0 Å². The Morgan fingerprint density at radius 3 is 2.59 bits per heavy atom. The number of hydrogen-bond acceptors (Lipinski definition) is 5. The van der Waals surface area contributed by atoms with Crippen LogP contribution in [-0.4, -0.2) is 68.3 Å². The van der Waals surface area contributed by atoms with Gasteiger partial charge in [-0.3, -0.25) is 9.80 Å². The zero-order valence-electron chi connectivity index (χ0n) is 17.1. The van der Waals surface area contributed by atoms with Crippen LogP contribution in [0.15, 0.2) is 18.2 Å². The average molecular weight is 398 g/mol. The van der Waals surface area contributed by atoms with E-state index in [1.165, 1.54) is 38.2 Å². The average Bonchev–Trinajstić information content (AvgIpc) is 3.10. The maximum absolute atomic E-state index is 5.92. The highest BCUT2D eigenvalue weighted by molar-refractivity contribution is 5.85. The Balaban J connectivity index is 0.00000261. The lowest BCUT2D eigenvalue weighted by molar-refractivity contribution is 0.170. The van der Waals surface area contributed by atoms with Gasteiger partial charge in [-0.05, 0) is 37.0 Å². The third kappa shape index (κ3) is 6.53. The lowest BCUT2D eigenvalue weighted by Crippen LogP contribution is -2.49. The fraction of sp³-hybridized carbons (Fsp3) is 0.714. The maximum Gasteiger partial charge on any atom is 0.161 e. The van der Waals surface area contributed by atoms with Crippen molar-refractivity contribution in [2.45, 2.75) is 39.8 Å². The first-order valence-corrected chi connectivity index (χ1v) is 10.2. The molecule has 0 aliphatic carbocycles. The minimum atomic E-state index is 0. The second kappa shape index (κ2) is 11.1. The molecule has 2 fully saturated rings. The summed E-state index contributed by atoms with van der Waals surface area (Å²) in [6.07, 6.45) is 1.29. The van der Waals surface area contributed by atoms with Crippen molar-refractivity contribution in [1.29, 1.82) is 0 Å². The molecule has 0 aromatic heterocycles. The molecule has 1 unspecified atom stereocenters. The van der Waals surface area contributed by atoms with Gasteiger partial charge in [-0.1, -0.05) is 19.9 Å². The molecule has 5 nitrogen and oxygen atoms in total. The van der Waals surface area contributed by atoms with Crippen molar-refractivity contribution in [2.24, 2.45) is 5.92 Å². The lowest BCUT2D eigenvalue weighted by Gasteiger charge is -2.32. The Bertz CT molecular complexity index is 564. The first-order valence-electron chi connectivity index (χ1n) is 10.2. The number of nitrogens with zero attached hydrogens (tertiary/aromatic N) is 2. The number of nitrogens with one attached hydrogen (secondary N) is 1. The number of halogens is 1. The van der Waals surface area contributed by atoms with Gasteiger partial charge >= 0.3 is 0 Å². The Morgan fingerprint density at radius 2 is 1.89 bits per heavy atom. The second-order valence-corrected chi connectivity index (χ2v) is 7.88. The van der Waals surface area contributed by atoms with E-state index in [4.69, 9.17) is 9.47 Å². The van der Waals surface area contributed by atoms with Crippen LogP contribution in [-0.2, 0) is 6.54 Å². The number of likely N-dealkylation sites (tertiary alicyclic amines) is 1. The number of piperazine rings is 1. The van der Waals surface area contributed by atoms with E-state index in [9.17, 15) is 0 Å². The minimum Gasteiger partial charge on any atom is -0.490 e. The number of hydrogen-bond donors (Lipinski definition) is 1. The Labute approximate surface area is 170 Å². The highest BCUT2D eigenvalue weighted by Gasteiger charge is 2.28. The summed E-state index contributed by atoms with van der Waals surface area (Å²) in [6, 6.07) is 7.15. The summed E-state index contributed by atoms with van der Waals surface area (Å²) >= 11 is 0. The largest absolute Gasteiger partial charge is 0.490 e. The SMILES string of the molecule is CCOc1cc(CN2CCC(N3CCNCC3)C2)ccc1OCC(C)C.Cl. The minimum absolute atomic E-state index is 0. The van der Waals surface area contributed by atoms with Gasteiger partial charge in [0.25, 0.3) is 0 Å². The summed E-state index contributed by atoms with van der Waals surface area (Å²) in [7, 11) is 0. The van der Waals surface area contributed by atoms with E-state index in [0.717, 1.165) is 43.8 Å². The van der Waals surface area contributed by atoms with Crippen LogP contribution in [0.2, 0.25) is 0 Å². The van der Waals surface area contributed by atoms with Gasteiger partial charge in [0.15, 0.2) is 11.5 Å². The van der Waals surface area contributed by atoms with Crippen molar-refractivity contribution < 1.29 is 9.47 Å². The Morgan fingerprint density at radius 1 is 1.11 bits per heavy atom. The van der Waals surface area contributed by atoms with Crippen LogP contribution in [0.3, 0.4) is 0 Å². The molecule has 1 N–H and O–H groups in total. The van der Waals surface area contributed by atoms with Crippen molar-refractivity contribution in [1.82, 2.24) is 15.1 Å². The molecule has 0 saturated carbocycles. The van der Waals surface area contributed by atoms with Gasteiger partial charge in [-0.25, -0.2) is 0 Å². The molecule has 1 aromatic rings. The second-order valence-electron chi connectivity index (χ2n) is 7.88. The lowest BCUT2D eigenvalue weighted by atomic mass is 10.2. The summed E-state index contributed by atoms with van der Waals surface area (Å²) in [5.74, 6) is 2.25. The molecular weight excluding hydrogens is 362 g/mol. The highest BCUT2D eigenvalue weighted by Crippen LogP contribution is 2.30. The topological polar surface area (TPSA) is 37.0 Å². The molecule has 0 amide bonds. The molecular formula is C21H36ClN3O2. The van der Waals surface area contributed by atoms with Crippen LogP contribution < -0.4 is 14.8 Å². The van der Waals surface area contributed by atoms with Crippen LogP contribution in [0.4, 0.5) is 0 Å². The van der Waals surface area contributed by atoms with Gasteiger partial charge in [-0.15, -0.1) is 12.4 Å². The fourth-order valence-electron chi connectivity index (χ4n) is 3.85. The summed E-state index contributed by atoms with van der Waals surface area (Å²) in [5.41, 5.74) is 1.31. The van der Waals surface area contributed by atoms with E-state index >= 15 is 0 Å². The molecule has 154 valence electrons. The number of benzene rings is 1. The van der Waals surface area contributed by atoms with Crippen molar-refractivity contribution >= 4 is 12.4 Å². The molecule has 0 radical (unpaired) electrons. The number of ether oxygens (including phenoxy) is 2. The standard InChI is InChI=1S/C21H35N3O2.ClH/c1-4-25-21-13-18(5-6-20(21)26-16-17(2)3)14-23-10-7-19(15-23)24-11-8-22-9-12-24;/h5-6,13,17,19,22H,4,7-12,14-16H2,1-3H3;1H. The van der Waals surface area contributed by atoms with Crippen LogP contribution >= 0.6 is 12.4 Å². The monoisotopic (exact) mass is 397 g/mol. The van der Waals surface area contributed by atoms with Gasteiger partial charge < -0.3 is 14.8 Å². The molecule has 3 rings (SSSR count). The normalized spacial score (nSPS) is 21.3. The third-order valence-corrected chi connectivity index (χ3v) is 5.20. The Kier molecular flexibility index (Phi) is 9.16. The van der Waals surface area contributed by atoms with Crippen LogP contribution in [0.1, 0.15) is 32.8 Å². The summed E-state index contributed by atoms with van der Waals surface area (Å²) in [6.45, 7) is 15.7. The van der Waals surface area contributed by atoms with Crippen LogP contribution in [0.25, 0.3) is 0 Å². The van der Waals surface area contributed by atoms with E-state index in [1.54, 1.807) is 0 Å². The van der Waals surface area contributed by atoms with E-state index < -0.39 is 0 Å². The summed E-state index contributed by atoms with van der Waals surface area (Å²) in [4.78, 5) is 5.23.